The van der Waals surface area contributed by atoms with Crippen molar-refractivity contribution in [2.24, 2.45) is 0 Å². The van der Waals surface area contributed by atoms with Crippen LogP contribution in [0.1, 0.15) is 0 Å². The van der Waals surface area contributed by atoms with Gasteiger partial charge in [-0.15, -0.1) is 6.58 Å². The molecule has 13 heavy (non-hydrogen) atoms. The summed E-state index contributed by atoms with van der Waals surface area (Å²) in [6.45, 7) is 6.61. The van der Waals surface area contributed by atoms with Gasteiger partial charge >= 0.3 is 12.1 Å². The van der Waals surface area contributed by atoms with Gasteiger partial charge in [0.2, 0.25) is 0 Å². The third-order valence-corrected chi connectivity index (χ3v) is 1.11. The van der Waals surface area contributed by atoms with E-state index >= 15 is 0 Å². The van der Waals surface area contributed by atoms with Gasteiger partial charge in [0.05, 0.1) is 0 Å². The lowest BCUT2D eigenvalue weighted by Crippen LogP contribution is -2.39. The molecule has 0 radical (unpaired) electrons. The van der Waals surface area contributed by atoms with Crippen LogP contribution in [0.5, 0.6) is 0 Å². The van der Waals surface area contributed by atoms with Crippen LogP contribution in [-0.4, -0.2) is 29.8 Å². The minimum atomic E-state index is -1.19. The summed E-state index contributed by atoms with van der Waals surface area (Å²) in [6.07, 6.45) is 1.66. The highest BCUT2D eigenvalue weighted by Crippen LogP contribution is 1.87. The fourth-order valence-corrected chi connectivity index (χ4v) is 0.525. The number of carbonyl (C=O) groups is 2. The lowest BCUT2D eigenvalue weighted by molar-refractivity contribution is -0.138. The summed E-state index contributed by atoms with van der Waals surface area (Å²) in [5.41, 5.74) is 0. The van der Waals surface area contributed by atoms with E-state index in [2.05, 4.69) is 23.2 Å². The molecular formula is C8H11NO4. The zero-order valence-corrected chi connectivity index (χ0v) is 7.03. The summed E-state index contributed by atoms with van der Waals surface area (Å²) in [5.74, 6) is -1.19. The molecule has 2 N–H and O–H groups in total. The van der Waals surface area contributed by atoms with Crippen molar-refractivity contribution < 1.29 is 19.4 Å². The van der Waals surface area contributed by atoms with Crippen LogP contribution in [0.15, 0.2) is 25.3 Å². The number of hydrogen-bond donors (Lipinski definition) is 2. The molecule has 0 aliphatic heterocycles. The molecule has 0 bridgehead atoms. The minimum absolute atomic E-state index is 0.0370. The first-order valence-corrected chi connectivity index (χ1v) is 3.51. The summed E-state index contributed by atoms with van der Waals surface area (Å²) in [4.78, 5) is 21.2. The number of nitrogens with one attached hydrogen (secondary N) is 1. The van der Waals surface area contributed by atoms with E-state index in [9.17, 15) is 9.59 Å². The number of carbonyl (C=O) groups excluding carboxylic acids is 1. The van der Waals surface area contributed by atoms with E-state index in [0.29, 0.717) is 0 Å². The van der Waals surface area contributed by atoms with Gasteiger partial charge < -0.3 is 15.2 Å². The standard InChI is InChI=1S/C8H11NO4/c1-3-5-13-8(12)9-6(4-2)7(10)11/h3-4,6H,1-2,5H2,(H,9,12)(H,10,11)/t6-/m1/s1. The van der Waals surface area contributed by atoms with Gasteiger partial charge in [0.1, 0.15) is 12.6 Å². The molecule has 0 spiro atoms. The molecule has 0 saturated heterocycles. The molecule has 0 aromatic rings. The Balaban J connectivity index is 3.93. The Morgan fingerprint density at radius 1 is 1.54 bits per heavy atom. The van der Waals surface area contributed by atoms with Gasteiger partial charge in [-0.05, 0) is 0 Å². The maximum atomic E-state index is 10.8. The highest BCUT2D eigenvalue weighted by Gasteiger charge is 2.15. The van der Waals surface area contributed by atoms with Crippen LogP contribution in [0, 0.1) is 0 Å². The predicted molar refractivity (Wildman–Crippen MR) is 46.3 cm³/mol. The van der Waals surface area contributed by atoms with Crippen molar-refractivity contribution in [2.45, 2.75) is 6.04 Å². The van der Waals surface area contributed by atoms with E-state index < -0.39 is 18.1 Å². The molecule has 72 valence electrons. The lowest BCUT2D eigenvalue weighted by atomic mass is 10.3. The average Bonchev–Trinajstić information content (AvgIpc) is 2.10. The van der Waals surface area contributed by atoms with E-state index in [0.717, 1.165) is 6.08 Å². The van der Waals surface area contributed by atoms with Crippen LogP contribution in [-0.2, 0) is 9.53 Å². The van der Waals surface area contributed by atoms with Crippen molar-refractivity contribution in [3.63, 3.8) is 0 Å². The molecule has 0 aromatic carbocycles. The first kappa shape index (κ1) is 11.2. The van der Waals surface area contributed by atoms with Crippen molar-refractivity contribution in [2.75, 3.05) is 6.61 Å². The van der Waals surface area contributed by atoms with Crippen molar-refractivity contribution in [1.29, 1.82) is 0 Å². The van der Waals surface area contributed by atoms with Gasteiger partial charge in [0.15, 0.2) is 0 Å². The Labute approximate surface area is 75.7 Å². The van der Waals surface area contributed by atoms with E-state index in [4.69, 9.17) is 5.11 Å². The average molecular weight is 185 g/mol. The molecular weight excluding hydrogens is 174 g/mol. The minimum Gasteiger partial charge on any atom is -0.479 e. The molecule has 0 unspecified atom stereocenters. The lowest BCUT2D eigenvalue weighted by Gasteiger charge is -2.09. The summed E-state index contributed by atoms with van der Waals surface area (Å²) < 4.78 is 4.49. The van der Waals surface area contributed by atoms with Gasteiger partial charge in [-0.3, -0.25) is 0 Å². The van der Waals surface area contributed by atoms with Crippen LogP contribution < -0.4 is 5.32 Å². The maximum Gasteiger partial charge on any atom is 0.408 e. The quantitative estimate of drug-likeness (QED) is 0.613. The number of carboxylic acid groups (broad SMARTS) is 1. The van der Waals surface area contributed by atoms with Gasteiger partial charge in [0, 0.05) is 0 Å². The smallest absolute Gasteiger partial charge is 0.408 e. The predicted octanol–water partition coefficient (Wildman–Crippen LogP) is 0.538. The number of ether oxygens (including phenoxy) is 1. The zero-order chi connectivity index (χ0) is 10.3. The fraction of sp³-hybridized carbons (Fsp3) is 0.250. The van der Waals surface area contributed by atoms with Crippen LogP contribution in [0.3, 0.4) is 0 Å². The van der Waals surface area contributed by atoms with E-state index in [-0.39, 0.29) is 6.61 Å². The van der Waals surface area contributed by atoms with Gasteiger partial charge in [-0.25, -0.2) is 9.59 Å². The Morgan fingerprint density at radius 2 is 2.15 bits per heavy atom. The molecule has 0 heterocycles. The number of hydrogen-bond acceptors (Lipinski definition) is 3. The van der Waals surface area contributed by atoms with Crippen molar-refractivity contribution in [3.05, 3.63) is 25.3 Å². The van der Waals surface area contributed by atoms with Gasteiger partial charge in [-0.2, -0.15) is 0 Å². The molecule has 1 amide bonds. The first-order chi connectivity index (χ1) is 6.11. The molecule has 0 aromatic heterocycles. The molecule has 0 rings (SSSR count). The highest BCUT2D eigenvalue weighted by atomic mass is 16.5. The van der Waals surface area contributed by atoms with Crippen molar-refractivity contribution in [1.82, 2.24) is 5.32 Å². The Kier molecular flexibility index (Phi) is 5.02. The monoisotopic (exact) mass is 185 g/mol. The number of amides is 1. The summed E-state index contributed by atoms with van der Waals surface area (Å²) >= 11 is 0. The molecule has 0 saturated carbocycles. The third kappa shape index (κ3) is 4.62. The Hall–Kier alpha value is -1.78. The fourth-order valence-electron chi connectivity index (χ4n) is 0.525. The Morgan fingerprint density at radius 3 is 2.54 bits per heavy atom. The highest BCUT2D eigenvalue weighted by molar-refractivity contribution is 5.81. The number of carboxylic acids is 1. The van der Waals surface area contributed by atoms with E-state index in [1.165, 1.54) is 6.08 Å². The second kappa shape index (κ2) is 5.82. The molecule has 0 fully saturated rings. The van der Waals surface area contributed by atoms with Crippen molar-refractivity contribution in [3.8, 4) is 0 Å². The second-order valence-electron chi connectivity index (χ2n) is 2.08. The largest absolute Gasteiger partial charge is 0.479 e. The normalized spacial score (nSPS) is 11.1. The van der Waals surface area contributed by atoms with Crippen LogP contribution in [0.25, 0.3) is 0 Å². The maximum absolute atomic E-state index is 10.8. The molecule has 0 aliphatic carbocycles. The van der Waals surface area contributed by atoms with Crippen molar-refractivity contribution >= 4 is 12.1 Å². The van der Waals surface area contributed by atoms with Crippen LogP contribution in [0.4, 0.5) is 4.79 Å². The van der Waals surface area contributed by atoms with Gasteiger partial charge in [-0.1, -0.05) is 18.7 Å². The molecule has 1 atom stereocenters. The molecule has 5 nitrogen and oxygen atoms in total. The SMILES string of the molecule is C=CCOC(=O)N[C@H](C=C)C(=O)O. The molecule has 5 heteroatoms. The van der Waals surface area contributed by atoms with E-state index in [1.54, 1.807) is 0 Å². The number of aliphatic carboxylic acids is 1. The molecule has 0 aliphatic rings. The third-order valence-electron chi connectivity index (χ3n) is 1.11. The number of rotatable bonds is 5. The van der Waals surface area contributed by atoms with E-state index in [1.807, 2.05) is 0 Å². The number of alkyl carbamates (subject to hydrolysis) is 1. The second-order valence-corrected chi connectivity index (χ2v) is 2.08. The topological polar surface area (TPSA) is 75.6 Å². The van der Waals surface area contributed by atoms with Gasteiger partial charge in [0.25, 0.3) is 0 Å². The summed E-state index contributed by atoms with van der Waals surface area (Å²) in [5, 5.41) is 10.6. The zero-order valence-electron chi connectivity index (χ0n) is 7.03. The summed E-state index contributed by atoms with van der Waals surface area (Å²) in [7, 11) is 0. The summed E-state index contributed by atoms with van der Waals surface area (Å²) in [6, 6.07) is -1.13. The van der Waals surface area contributed by atoms with Crippen LogP contribution >= 0.6 is 0 Å². The van der Waals surface area contributed by atoms with Crippen LogP contribution in [0.2, 0.25) is 0 Å². The Bertz CT molecular complexity index is 224. The first-order valence-electron chi connectivity index (χ1n) is 3.51.